The number of carboxylic acids is 1. The van der Waals surface area contributed by atoms with Gasteiger partial charge in [0.25, 0.3) is 0 Å². The number of carbonyl (C=O) groups excluding carboxylic acids is 1. The maximum absolute atomic E-state index is 11.3. The quantitative estimate of drug-likeness (QED) is 0.593. The van der Waals surface area contributed by atoms with Crippen LogP contribution in [0.4, 0.5) is 0 Å². The van der Waals surface area contributed by atoms with Crippen LogP contribution >= 0.6 is 11.3 Å². The average molecular weight is 382 g/mol. The number of thiazole rings is 1. The van der Waals surface area contributed by atoms with Crippen LogP contribution in [0, 0.1) is 0 Å². The molecule has 0 saturated heterocycles. The summed E-state index contributed by atoms with van der Waals surface area (Å²) in [4.78, 5) is 15.8. The zero-order chi connectivity index (χ0) is 19.2. The summed E-state index contributed by atoms with van der Waals surface area (Å²) >= 11 is 1.47. The number of para-hydroxylation sites is 1. The van der Waals surface area contributed by atoms with Crippen molar-refractivity contribution in [2.24, 2.45) is 0 Å². The van der Waals surface area contributed by atoms with Crippen LogP contribution in [0.25, 0.3) is 21.9 Å². The summed E-state index contributed by atoms with van der Waals surface area (Å²) in [7, 11) is 1.59. The van der Waals surface area contributed by atoms with Crippen LogP contribution in [-0.4, -0.2) is 24.7 Å². The highest BCUT2D eigenvalue weighted by atomic mass is 32.1. The number of ether oxygens (including phenoxy) is 2. The van der Waals surface area contributed by atoms with Crippen molar-refractivity contribution in [1.29, 1.82) is 0 Å². The fourth-order valence-electron chi connectivity index (χ4n) is 2.66. The molecule has 3 rings (SSSR count). The molecule has 0 bridgehead atoms. The Morgan fingerprint density at radius 2 is 2.04 bits per heavy atom. The van der Waals surface area contributed by atoms with E-state index >= 15 is 0 Å². The molecule has 0 radical (unpaired) electrons. The van der Waals surface area contributed by atoms with Gasteiger partial charge in [-0.05, 0) is 47.9 Å². The van der Waals surface area contributed by atoms with Gasteiger partial charge in [0.1, 0.15) is 5.01 Å². The fourth-order valence-corrected chi connectivity index (χ4v) is 3.64. The van der Waals surface area contributed by atoms with Crippen molar-refractivity contribution in [3.63, 3.8) is 0 Å². The van der Waals surface area contributed by atoms with E-state index in [1.165, 1.54) is 11.3 Å². The first-order chi connectivity index (χ1) is 13.1. The molecule has 6 heteroatoms. The van der Waals surface area contributed by atoms with Gasteiger partial charge < -0.3 is 19.4 Å². The van der Waals surface area contributed by atoms with Crippen molar-refractivity contribution in [3.05, 3.63) is 53.0 Å². The first-order valence-corrected chi connectivity index (χ1v) is 9.49. The molecule has 3 aromatic rings. The second kappa shape index (κ2) is 8.68. The Hall–Kier alpha value is -2.86. The molecule has 0 fully saturated rings. The predicted octanol–water partition coefficient (Wildman–Crippen LogP) is 3.77. The summed E-state index contributed by atoms with van der Waals surface area (Å²) in [5.74, 6) is 0.128. The number of benzene rings is 2. The lowest BCUT2D eigenvalue weighted by atomic mass is 10.1. The Morgan fingerprint density at radius 3 is 2.74 bits per heavy atom. The largest absolute Gasteiger partial charge is 0.550 e. The van der Waals surface area contributed by atoms with E-state index in [0.717, 1.165) is 22.2 Å². The van der Waals surface area contributed by atoms with Gasteiger partial charge in [-0.15, -0.1) is 11.3 Å². The maximum atomic E-state index is 11.3. The van der Waals surface area contributed by atoms with Crippen LogP contribution in [0.3, 0.4) is 0 Å². The molecule has 27 heavy (non-hydrogen) atoms. The minimum atomic E-state index is -1.14. The lowest BCUT2D eigenvalue weighted by molar-refractivity contribution is -0.304. The van der Waals surface area contributed by atoms with Gasteiger partial charge >= 0.3 is 0 Å². The highest BCUT2D eigenvalue weighted by molar-refractivity contribution is 7.19. The van der Waals surface area contributed by atoms with E-state index in [4.69, 9.17) is 9.47 Å². The summed E-state index contributed by atoms with van der Waals surface area (Å²) in [6.45, 7) is 2.61. The maximum Gasteiger partial charge on any atom is 0.161 e. The van der Waals surface area contributed by atoms with E-state index < -0.39 is 5.97 Å². The van der Waals surface area contributed by atoms with Crippen molar-refractivity contribution >= 4 is 39.2 Å². The number of fused-ring (bicyclic) bond motifs is 1. The molecule has 2 aromatic carbocycles. The lowest BCUT2D eigenvalue weighted by Crippen LogP contribution is -2.22. The molecule has 0 aliphatic carbocycles. The molecule has 0 aliphatic heterocycles. The number of hydrogen-bond acceptors (Lipinski definition) is 6. The van der Waals surface area contributed by atoms with Crippen molar-refractivity contribution in [3.8, 4) is 11.5 Å². The number of carboxylic acid groups (broad SMARTS) is 1. The topological polar surface area (TPSA) is 71.5 Å². The van der Waals surface area contributed by atoms with Gasteiger partial charge in [0.2, 0.25) is 0 Å². The number of aromatic nitrogens is 1. The van der Waals surface area contributed by atoms with Crippen LogP contribution in [-0.2, 0) is 4.79 Å². The van der Waals surface area contributed by atoms with Gasteiger partial charge in [-0.3, -0.25) is 0 Å². The normalized spacial score (nSPS) is 11.6. The Labute approximate surface area is 161 Å². The summed E-state index contributed by atoms with van der Waals surface area (Å²) in [6.07, 6.45) is 2.48. The molecule has 0 unspecified atom stereocenters. The third-order valence-corrected chi connectivity index (χ3v) is 5.01. The molecule has 0 atom stereocenters. The minimum Gasteiger partial charge on any atom is -0.550 e. The van der Waals surface area contributed by atoms with E-state index in [1.54, 1.807) is 7.11 Å². The average Bonchev–Trinajstić information content (AvgIpc) is 3.10. The van der Waals surface area contributed by atoms with E-state index in [2.05, 4.69) is 4.98 Å². The Kier molecular flexibility index (Phi) is 6.08. The molecule has 0 amide bonds. The highest BCUT2D eigenvalue weighted by Crippen LogP contribution is 2.33. The molecule has 5 nitrogen and oxygen atoms in total. The van der Waals surface area contributed by atoms with Gasteiger partial charge in [-0.1, -0.05) is 25.1 Å². The highest BCUT2D eigenvalue weighted by Gasteiger charge is 2.11. The van der Waals surface area contributed by atoms with E-state index in [-0.39, 0.29) is 6.42 Å². The molecule has 1 aromatic heterocycles. The molecule has 0 N–H and O–H groups in total. The first kappa shape index (κ1) is 18.9. The molecule has 140 valence electrons. The van der Waals surface area contributed by atoms with Gasteiger partial charge in [0.15, 0.2) is 11.5 Å². The number of carbonyl (C=O) groups is 1. The van der Waals surface area contributed by atoms with Crippen LogP contribution in [0.5, 0.6) is 11.5 Å². The van der Waals surface area contributed by atoms with Crippen LogP contribution in [0.2, 0.25) is 0 Å². The van der Waals surface area contributed by atoms with Crippen LogP contribution < -0.4 is 14.6 Å². The van der Waals surface area contributed by atoms with Gasteiger partial charge in [0, 0.05) is 12.4 Å². The molecular weight excluding hydrogens is 362 g/mol. The Balaban J connectivity index is 2.01. The predicted molar refractivity (Wildman–Crippen MR) is 106 cm³/mol. The van der Waals surface area contributed by atoms with Gasteiger partial charge in [0.05, 0.1) is 23.9 Å². The van der Waals surface area contributed by atoms with Gasteiger partial charge in [-0.2, -0.15) is 0 Å². The number of hydrogen-bond donors (Lipinski definition) is 0. The molecule has 0 spiro atoms. The smallest absolute Gasteiger partial charge is 0.161 e. The third kappa shape index (κ3) is 4.65. The van der Waals surface area contributed by atoms with Crippen molar-refractivity contribution < 1.29 is 19.4 Å². The van der Waals surface area contributed by atoms with E-state index in [0.29, 0.717) is 28.7 Å². The van der Waals surface area contributed by atoms with Crippen molar-refractivity contribution in [2.45, 2.75) is 19.8 Å². The summed E-state index contributed by atoms with van der Waals surface area (Å²) in [6, 6.07) is 13.2. The number of aliphatic carboxylic acids is 1. The third-order valence-electron chi connectivity index (χ3n) is 3.89. The van der Waals surface area contributed by atoms with Crippen molar-refractivity contribution in [2.75, 3.05) is 13.7 Å². The minimum absolute atomic E-state index is 0.211. The standard InChI is InChI=1S/C21H21NO4S/c1-3-10-26-18-12-14(8-9-17(18)25-2)11-15(13-20(23)24)21-22-16-6-4-5-7-19(16)27-21/h4-9,11-12H,3,10,13H2,1-2H3,(H,23,24)/p-1/b15-11+. The monoisotopic (exact) mass is 382 g/mol. The number of rotatable bonds is 8. The molecule has 0 aliphatic rings. The number of methoxy groups -OCH3 is 1. The SMILES string of the molecule is CCCOc1cc(/C=C(\CC(=O)[O-])c2nc3ccccc3s2)ccc1OC. The Morgan fingerprint density at radius 1 is 1.22 bits per heavy atom. The van der Waals surface area contributed by atoms with Gasteiger partial charge in [-0.25, -0.2) is 4.98 Å². The van der Waals surface area contributed by atoms with Crippen LogP contribution in [0.15, 0.2) is 42.5 Å². The molecule has 0 saturated carbocycles. The van der Waals surface area contributed by atoms with E-state index in [9.17, 15) is 9.90 Å². The van der Waals surface area contributed by atoms with E-state index in [1.807, 2.05) is 55.5 Å². The fraction of sp³-hybridized carbons (Fsp3) is 0.238. The Bertz CT molecular complexity index is 944. The van der Waals surface area contributed by atoms with Crippen molar-refractivity contribution in [1.82, 2.24) is 4.98 Å². The summed E-state index contributed by atoms with van der Waals surface area (Å²) < 4.78 is 12.1. The second-order valence-corrected chi connectivity index (χ2v) is 6.99. The summed E-state index contributed by atoms with van der Waals surface area (Å²) in [5, 5.41) is 12.0. The first-order valence-electron chi connectivity index (χ1n) is 8.68. The molecule has 1 heterocycles. The molecular formula is C21H20NO4S-. The van der Waals surface area contributed by atoms with Crippen LogP contribution in [0.1, 0.15) is 30.3 Å². The number of nitrogens with zero attached hydrogens (tertiary/aromatic N) is 1. The lowest BCUT2D eigenvalue weighted by Gasteiger charge is -2.11. The second-order valence-electron chi connectivity index (χ2n) is 5.96. The zero-order valence-electron chi connectivity index (χ0n) is 15.2. The summed E-state index contributed by atoms with van der Waals surface area (Å²) in [5.41, 5.74) is 2.27. The zero-order valence-corrected chi connectivity index (χ0v) is 16.0.